The van der Waals surface area contributed by atoms with Crippen molar-refractivity contribution < 1.29 is 9.59 Å². The molecule has 4 nitrogen and oxygen atoms in total. The maximum absolute atomic E-state index is 12.4. The summed E-state index contributed by atoms with van der Waals surface area (Å²) in [6, 6.07) is 13.9. The molecule has 0 fully saturated rings. The molecule has 0 aliphatic rings. The Morgan fingerprint density at radius 2 is 1.74 bits per heavy atom. The highest BCUT2D eigenvalue weighted by atomic mass is 16.2. The van der Waals surface area contributed by atoms with Crippen molar-refractivity contribution >= 4 is 23.2 Å². The molecule has 0 unspecified atom stereocenters. The molecule has 0 atom stereocenters. The second kappa shape index (κ2) is 9.36. The van der Waals surface area contributed by atoms with Gasteiger partial charge < -0.3 is 10.2 Å². The summed E-state index contributed by atoms with van der Waals surface area (Å²) in [6.45, 7) is 10.3. The van der Waals surface area contributed by atoms with Crippen LogP contribution in [0.1, 0.15) is 56.7 Å². The van der Waals surface area contributed by atoms with Crippen molar-refractivity contribution in [1.82, 2.24) is 0 Å². The molecule has 2 amide bonds. The molecule has 4 heteroatoms. The third-order valence-corrected chi connectivity index (χ3v) is 4.78. The largest absolute Gasteiger partial charge is 0.326 e. The molecule has 2 aromatic rings. The van der Waals surface area contributed by atoms with Crippen LogP contribution in [0.4, 0.5) is 11.4 Å². The Hall–Kier alpha value is -2.62. The Bertz CT molecular complexity index is 795. The standard InChI is InChI=1S/C23H30N2O2/c1-6-19-9-7-8-17(4)23(19)25(18(5)26)15-14-22(27)24-21-12-10-20(11-13-21)16(2)3/h7-13,16H,6,14-15H2,1-5H3,(H,24,27). The van der Waals surface area contributed by atoms with Gasteiger partial charge in [-0.1, -0.05) is 51.1 Å². The van der Waals surface area contributed by atoms with Crippen LogP contribution in [0.15, 0.2) is 42.5 Å². The summed E-state index contributed by atoms with van der Waals surface area (Å²) in [7, 11) is 0. The van der Waals surface area contributed by atoms with Crippen molar-refractivity contribution in [2.75, 3.05) is 16.8 Å². The molecule has 2 aromatic carbocycles. The highest BCUT2D eigenvalue weighted by Gasteiger charge is 2.18. The minimum absolute atomic E-state index is 0.0481. The maximum Gasteiger partial charge on any atom is 0.226 e. The van der Waals surface area contributed by atoms with Gasteiger partial charge in [0.25, 0.3) is 0 Å². The van der Waals surface area contributed by atoms with Crippen LogP contribution in [0.25, 0.3) is 0 Å². The van der Waals surface area contributed by atoms with Crippen LogP contribution < -0.4 is 10.2 Å². The lowest BCUT2D eigenvalue weighted by Gasteiger charge is -2.25. The molecule has 0 heterocycles. The van der Waals surface area contributed by atoms with E-state index < -0.39 is 0 Å². The quantitative estimate of drug-likeness (QED) is 0.744. The Morgan fingerprint density at radius 1 is 1.07 bits per heavy atom. The highest BCUT2D eigenvalue weighted by Crippen LogP contribution is 2.26. The minimum atomic E-state index is -0.0924. The molecular formula is C23H30N2O2. The molecule has 0 radical (unpaired) electrons. The van der Waals surface area contributed by atoms with E-state index in [2.05, 4.69) is 26.1 Å². The second-order valence-corrected chi connectivity index (χ2v) is 7.18. The lowest BCUT2D eigenvalue weighted by atomic mass is 10.0. The molecule has 1 N–H and O–H groups in total. The number of amides is 2. The summed E-state index contributed by atoms with van der Waals surface area (Å²) in [4.78, 5) is 26.3. The van der Waals surface area contributed by atoms with Crippen molar-refractivity contribution in [3.8, 4) is 0 Å². The number of rotatable bonds is 7. The van der Waals surface area contributed by atoms with Gasteiger partial charge >= 0.3 is 0 Å². The summed E-state index contributed by atoms with van der Waals surface area (Å²) < 4.78 is 0. The van der Waals surface area contributed by atoms with Gasteiger partial charge in [0, 0.05) is 31.3 Å². The zero-order chi connectivity index (χ0) is 20.0. The van der Waals surface area contributed by atoms with Crippen molar-refractivity contribution in [3.63, 3.8) is 0 Å². The number of hydrogen-bond acceptors (Lipinski definition) is 2. The van der Waals surface area contributed by atoms with Crippen LogP contribution >= 0.6 is 0 Å². The van der Waals surface area contributed by atoms with E-state index in [1.165, 1.54) is 5.56 Å². The number of nitrogens with zero attached hydrogens (tertiary/aromatic N) is 1. The van der Waals surface area contributed by atoms with Gasteiger partial charge in [-0.15, -0.1) is 0 Å². The molecule has 0 aliphatic carbocycles. The fraction of sp³-hybridized carbons (Fsp3) is 0.391. The van der Waals surface area contributed by atoms with Crippen LogP contribution in [-0.4, -0.2) is 18.4 Å². The normalized spacial score (nSPS) is 10.7. The molecule has 2 rings (SSSR count). The Balaban J connectivity index is 2.06. The number of carbonyl (C=O) groups is 2. The summed E-state index contributed by atoms with van der Waals surface area (Å²) in [6.07, 6.45) is 1.10. The maximum atomic E-state index is 12.4. The Kier molecular flexibility index (Phi) is 7.17. The van der Waals surface area contributed by atoms with E-state index in [0.29, 0.717) is 12.5 Å². The molecule has 0 spiro atoms. The lowest BCUT2D eigenvalue weighted by molar-refractivity contribution is -0.117. The zero-order valence-electron chi connectivity index (χ0n) is 17.0. The first kappa shape index (κ1) is 20.7. The van der Waals surface area contributed by atoms with E-state index in [1.807, 2.05) is 49.4 Å². The predicted octanol–water partition coefficient (Wildman–Crippen LogP) is 5.06. The van der Waals surface area contributed by atoms with E-state index in [0.717, 1.165) is 28.9 Å². The molecule has 0 bridgehead atoms. The smallest absolute Gasteiger partial charge is 0.226 e. The van der Waals surface area contributed by atoms with Crippen molar-refractivity contribution in [3.05, 3.63) is 59.2 Å². The van der Waals surface area contributed by atoms with Crippen LogP contribution in [0.2, 0.25) is 0 Å². The Labute approximate surface area is 162 Å². The fourth-order valence-electron chi connectivity index (χ4n) is 3.21. The van der Waals surface area contributed by atoms with Crippen molar-refractivity contribution in [1.29, 1.82) is 0 Å². The number of anilines is 2. The van der Waals surface area contributed by atoms with E-state index in [1.54, 1.807) is 11.8 Å². The van der Waals surface area contributed by atoms with Gasteiger partial charge in [0.15, 0.2) is 0 Å². The molecule has 0 aromatic heterocycles. The van der Waals surface area contributed by atoms with Gasteiger partial charge in [-0.2, -0.15) is 0 Å². The first-order chi connectivity index (χ1) is 12.8. The minimum Gasteiger partial charge on any atom is -0.326 e. The number of para-hydroxylation sites is 1. The van der Waals surface area contributed by atoms with E-state index in [4.69, 9.17) is 0 Å². The van der Waals surface area contributed by atoms with Crippen LogP contribution in [-0.2, 0) is 16.0 Å². The first-order valence-corrected chi connectivity index (χ1v) is 9.59. The number of carbonyl (C=O) groups excluding carboxylic acids is 2. The summed E-state index contributed by atoms with van der Waals surface area (Å²) in [5.41, 5.74) is 5.12. The molecule has 0 saturated carbocycles. The van der Waals surface area contributed by atoms with Crippen LogP contribution in [0.5, 0.6) is 0 Å². The first-order valence-electron chi connectivity index (χ1n) is 9.59. The van der Waals surface area contributed by atoms with E-state index in [9.17, 15) is 9.59 Å². The number of nitrogens with one attached hydrogen (secondary N) is 1. The molecule has 0 aliphatic heterocycles. The monoisotopic (exact) mass is 366 g/mol. The van der Waals surface area contributed by atoms with E-state index >= 15 is 0 Å². The summed E-state index contributed by atoms with van der Waals surface area (Å²) in [5.74, 6) is 0.319. The zero-order valence-corrected chi connectivity index (χ0v) is 17.0. The highest BCUT2D eigenvalue weighted by molar-refractivity contribution is 5.95. The van der Waals surface area contributed by atoms with Gasteiger partial charge in [-0.05, 0) is 48.1 Å². The van der Waals surface area contributed by atoms with Crippen LogP contribution in [0, 0.1) is 6.92 Å². The molecule has 27 heavy (non-hydrogen) atoms. The summed E-state index contributed by atoms with van der Waals surface area (Å²) in [5, 5.41) is 2.92. The van der Waals surface area contributed by atoms with Gasteiger partial charge in [0.1, 0.15) is 0 Å². The van der Waals surface area contributed by atoms with Gasteiger partial charge in [-0.25, -0.2) is 0 Å². The van der Waals surface area contributed by atoms with Crippen molar-refractivity contribution in [2.45, 2.75) is 53.4 Å². The Morgan fingerprint density at radius 3 is 2.30 bits per heavy atom. The number of benzene rings is 2. The third-order valence-electron chi connectivity index (χ3n) is 4.78. The molecular weight excluding hydrogens is 336 g/mol. The second-order valence-electron chi connectivity index (χ2n) is 7.18. The van der Waals surface area contributed by atoms with Crippen molar-refractivity contribution in [2.24, 2.45) is 0 Å². The van der Waals surface area contributed by atoms with Crippen LogP contribution in [0.3, 0.4) is 0 Å². The fourth-order valence-corrected chi connectivity index (χ4v) is 3.21. The number of aryl methyl sites for hydroxylation is 2. The molecule has 0 saturated heterocycles. The summed E-state index contributed by atoms with van der Waals surface area (Å²) >= 11 is 0. The van der Waals surface area contributed by atoms with Gasteiger partial charge in [-0.3, -0.25) is 9.59 Å². The molecule has 144 valence electrons. The third kappa shape index (κ3) is 5.43. The number of hydrogen-bond donors (Lipinski definition) is 1. The topological polar surface area (TPSA) is 49.4 Å². The predicted molar refractivity (Wildman–Crippen MR) is 112 cm³/mol. The lowest BCUT2D eigenvalue weighted by Crippen LogP contribution is -2.33. The van der Waals surface area contributed by atoms with E-state index in [-0.39, 0.29) is 18.2 Å². The average molecular weight is 367 g/mol. The SMILES string of the molecule is CCc1cccc(C)c1N(CCC(=O)Nc1ccc(C(C)C)cc1)C(C)=O. The van der Waals surface area contributed by atoms with Gasteiger partial charge in [0.2, 0.25) is 11.8 Å². The van der Waals surface area contributed by atoms with Gasteiger partial charge in [0.05, 0.1) is 0 Å². The average Bonchev–Trinajstić information content (AvgIpc) is 2.63.